The van der Waals surface area contributed by atoms with Crippen molar-refractivity contribution in [1.82, 2.24) is 10.3 Å². The predicted octanol–water partition coefficient (Wildman–Crippen LogP) is 4.00. The lowest BCUT2D eigenvalue weighted by atomic mass is 9.96. The lowest BCUT2D eigenvalue weighted by molar-refractivity contribution is -0.137. The number of hydrogen-bond acceptors (Lipinski definition) is 4. The summed E-state index contributed by atoms with van der Waals surface area (Å²) in [4.78, 5) is 20.2. The second-order valence-corrected chi connectivity index (χ2v) is 7.76. The van der Waals surface area contributed by atoms with E-state index in [2.05, 4.69) is 10.3 Å². The first-order valence-corrected chi connectivity index (χ1v) is 9.26. The Hall–Kier alpha value is -2.09. The summed E-state index contributed by atoms with van der Waals surface area (Å²) in [5.41, 5.74) is -0.755. The third-order valence-corrected chi connectivity index (χ3v) is 5.42. The van der Waals surface area contributed by atoms with Crippen molar-refractivity contribution in [2.45, 2.75) is 32.5 Å². The Morgan fingerprint density at radius 1 is 1.38 bits per heavy atom. The van der Waals surface area contributed by atoms with Crippen molar-refractivity contribution in [1.29, 1.82) is 0 Å². The third kappa shape index (κ3) is 4.35. The summed E-state index contributed by atoms with van der Waals surface area (Å²) in [5.74, 6) is -0.551. The van der Waals surface area contributed by atoms with Crippen LogP contribution >= 0.6 is 11.3 Å². The molecule has 1 atom stereocenters. The predicted molar refractivity (Wildman–Crippen MR) is 95.1 cm³/mol. The summed E-state index contributed by atoms with van der Waals surface area (Å²) < 4.78 is 39.7. The van der Waals surface area contributed by atoms with Crippen LogP contribution in [-0.4, -0.2) is 24.0 Å². The zero-order valence-electron chi connectivity index (χ0n) is 14.3. The molecule has 1 aliphatic rings. The molecule has 1 saturated heterocycles. The van der Waals surface area contributed by atoms with E-state index in [1.54, 1.807) is 16.2 Å². The summed E-state index contributed by atoms with van der Waals surface area (Å²) in [6.07, 6.45) is -1.78. The number of nitrogens with zero attached hydrogens (tertiary/aromatic N) is 2. The van der Waals surface area contributed by atoms with Gasteiger partial charge >= 0.3 is 6.18 Å². The van der Waals surface area contributed by atoms with Crippen LogP contribution in [0.2, 0.25) is 0 Å². The van der Waals surface area contributed by atoms with E-state index in [0.29, 0.717) is 25.9 Å². The summed E-state index contributed by atoms with van der Waals surface area (Å²) >= 11 is 1.62. The number of carbonyl (C=O) groups is 1. The molecule has 3 rings (SSSR count). The van der Waals surface area contributed by atoms with Gasteiger partial charge in [0.2, 0.25) is 5.91 Å². The van der Waals surface area contributed by atoms with Crippen LogP contribution in [0, 0.1) is 12.8 Å². The van der Waals surface area contributed by atoms with Crippen molar-refractivity contribution in [3.63, 3.8) is 0 Å². The Balaban J connectivity index is 1.67. The van der Waals surface area contributed by atoms with E-state index >= 15 is 0 Å². The van der Waals surface area contributed by atoms with Crippen molar-refractivity contribution < 1.29 is 18.0 Å². The lowest BCUT2D eigenvalue weighted by Gasteiger charge is -2.34. The van der Waals surface area contributed by atoms with Crippen molar-refractivity contribution in [3.8, 4) is 0 Å². The number of nitrogens with one attached hydrogen (secondary N) is 1. The van der Waals surface area contributed by atoms with Crippen molar-refractivity contribution >= 4 is 23.1 Å². The fraction of sp³-hybridized carbons (Fsp3) is 0.444. The number of anilines is 1. The molecule has 0 saturated carbocycles. The molecule has 1 unspecified atom stereocenters. The molecular weight excluding hydrogens is 363 g/mol. The number of alkyl halides is 3. The van der Waals surface area contributed by atoms with Gasteiger partial charge in [0.15, 0.2) is 0 Å². The third-order valence-electron chi connectivity index (χ3n) is 4.42. The summed E-state index contributed by atoms with van der Waals surface area (Å²) in [5, 5.41) is 2.90. The van der Waals surface area contributed by atoms with Crippen LogP contribution in [0.25, 0.3) is 0 Å². The lowest BCUT2D eigenvalue weighted by Crippen LogP contribution is -2.43. The first-order chi connectivity index (χ1) is 12.3. The summed E-state index contributed by atoms with van der Waals surface area (Å²) in [7, 11) is 0. The van der Waals surface area contributed by atoms with Crippen LogP contribution in [0.5, 0.6) is 0 Å². The highest BCUT2D eigenvalue weighted by molar-refractivity contribution is 7.11. The van der Waals surface area contributed by atoms with Crippen LogP contribution in [-0.2, 0) is 17.5 Å². The van der Waals surface area contributed by atoms with Gasteiger partial charge < -0.3 is 10.2 Å². The minimum absolute atomic E-state index is 0.0913. The average molecular weight is 383 g/mol. The molecule has 4 nitrogen and oxygen atoms in total. The maximum absolute atomic E-state index is 13.2. The molecule has 1 N–H and O–H groups in total. The maximum Gasteiger partial charge on any atom is 0.419 e. The number of rotatable bonds is 4. The molecule has 3 heterocycles. The maximum atomic E-state index is 13.2. The Morgan fingerprint density at radius 3 is 2.88 bits per heavy atom. The van der Waals surface area contributed by atoms with E-state index in [4.69, 9.17) is 0 Å². The monoisotopic (exact) mass is 383 g/mol. The van der Waals surface area contributed by atoms with Crippen LogP contribution in [0.3, 0.4) is 0 Å². The number of halogens is 3. The molecular formula is C18H20F3N3OS. The van der Waals surface area contributed by atoms with Gasteiger partial charge in [-0.3, -0.25) is 4.79 Å². The highest BCUT2D eigenvalue weighted by Gasteiger charge is 2.37. The minimum Gasteiger partial charge on any atom is -0.355 e. The first-order valence-electron chi connectivity index (χ1n) is 8.45. The van der Waals surface area contributed by atoms with Crippen LogP contribution in [0.1, 0.15) is 28.2 Å². The molecule has 0 spiro atoms. The van der Waals surface area contributed by atoms with Crippen LogP contribution < -0.4 is 10.2 Å². The van der Waals surface area contributed by atoms with Crippen molar-refractivity contribution in [3.05, 3.63) is 45.8 Å². The van der Waals surface area contributed by atoms with E-state index in [0.717, 1.165) is 10.9 Å². The topological polar surface area (TPSA) is 45.2 Å². The van der Waals surface area contributed by atoms with Gasteiger partial charge in [-0.05, 0) is 44.0 Å². The number of hydrogen-bond donors (Lipinski definition) is 1. The molecule has 1 aliphatic heterocycles. The quantitative estimate of drug-likeness (QED) is 0.868. The molecule has 0 aliphatic carbocycles. The second-order valence-electron chi connectivity index (χ2n) is 6.39. The summed E-state index contributed by atoms with van der Waals surface area (Å²) in [6.45, 7) is 3.16. The Labute approximate surface area is 154 Å². The number of carbonyl (C=O) groups excluding carboxylic acids is 1. The van der Waals surface area contributed by atoms with Gasteiger partial charge in [-0.1, -0.05) is 0 Å². The molecule has 1 fully saturated rings. The molecule has 140 valence electrons. The fourth-order valence-electron chi connectivity index (χ4n) is 3.15. The molecule has 0 aromatic carbocycles. The molecule has 8 heteroatoms. The van der Waals surface area contributed by atoms with Gasteiger partial charge in [-0.2, -0.15) is 13.2 Å². The largest absolute Gasteiger partial charge is 0.419 e. The Bertz CT molecular complexity index is 775. The average Bonchev–Trinajstić information content (AvgIpc) is 3.04. The highest BCUT2D eigenvalue weighted by Crippen LogP contribution is 2.36. The van der Waals surface area contributed by atoms with Crippen molar-refractivity contribution in [2.24, 2.45) is 5.92 Å². The molecule has 2 aromatic heterocycles. The number of amides is 1. The zero-order chi connectivity index (χ0) is 18.7. The van der Waals surface area contributed by atoms with E-state index in [-0.39, 0.29) is 24.2 Å². The number of aromatic nitrogens is 1. The number of piperidine rings is 1. The normalized spacial score (nSPS) is 18.0. The molecule has 2 aromatic rings. The Morgan fingerprint density at radius 2 is 2.19 bits per heavy atom. The highest BCUT2D eigenvalue weighted by atomic mass is 32.1. The van der Waals surface area contributed by atoms with Crippen molar-refractivity contribution in [2.75, 3.05) is 18.0 Å². The minimum atomic E-state index is -4.46. The Kier molecular flexibility index (Phi) is 5.50. The van der Waals surface area contributed by atoms with Gasteiger partial charge in [-0.25, -0.2) is 4.98 Å². The van der Waals surface area contributed by atoms with E-state index < -0.39 is 11.7 Å². The van der Waals surface area contributed by atoms with Gasteiger partial charge in [0.1, 0.15) is 5.82 Å². The van der Waals surface area contributed by atoms with E-state index in [1.807, 2.05) is 19.1 Å². The fourth-order valence-corrected chi connectivity index (χ4v) is 3.98. The van der Waals surface area contributed by atoms with Crippen LogP contribution in [0.15, 0.2) is 30.5 Å². The van der Waals surface area contributed by atoms with Gasteiger partial charge in [-0.15, -0.1) is 11.3 Å². The molecule has 0 bridgehead atoms. The smallest absolute Gasteiger partial charge is 0.355 e. The number of aryl methyl sites for hydroxylation is 1. The van der Waals surface area contributed by atoms with E-state index in [1.165, 1.54) is 17.1 Å². The van der Waals surface area contributed by atoms with Crippen LogP contribution in [0.4, 0.5) is 19.0 Å². The number of thiophene rings is 1. The molecule has 1 amide bonds. The summed E-state index contributed by atoms with van der Waals surface area (Å²) in [6, 6.07) is 6.28. The van der Waals surface area contributed by atoms with E-state index in [9.17, 15) is 18.0 Å². The number of pyridine rings is 1. The van der Waals surface area contributed by atoms with Gasteiger partial charge in [0.25, 0.3) is 0 Å². The second kappa shape index (κ2) is 7.65. The van der Waals surface area contributed by atoms with Gasteiger partial charge in [0.05, 0.1) is 18.0 Å². The first kappa shape index (κ1) is 18.7. The standard InChI is InChI=1S/C18H20F3N3OS/c1-12-6-7-14(26-12)10-23-17(25)13-4-3-9-24(11-13)16-15(18(19,20)21)5-2-8-22-16/h2,5-8,13H,3-4,9-11H2,1H3,(H,23,25). The van der Waals surface area contributed by atoms with Gasteiger partial charge in [0, 0.05) is 29.0 Å². The zero-order valence-corrected chi connectivity index (χ0v) is 15.2. The molecule has 0 radical (unpaired) electrons. The molecule has 26 heavy (non-hydrogen) atoms. The SMILES string of the molecule is Cc1ccc(CNC(=O)C2CCCN(c3ncccc3C(F)(F)F)C2)s1.